The van der Waals surface area contributed by atoms with Gasteiger partial charge in [0.25, 0.3) is 0 Å². The number of nitrogens with one attached hydrogen (secondary N) is 3. The number of aromatic amines is 2. The molecule has 14 nitrogen and oxygen atoms in total. The van der Waals surface area contributed by atoms with E-state index in [0.717, 1.165) is 133 Å². The monoisotopic (exact) mass is 950 g/mol. The first-order valence-electron chi connectivity index (χ1n) is 21.6. The number of ether oxygens (including phenoxy) is 1. The van der Waals surface area contributed by atoms with Gasteiger partial charge in [-0.15, -0.1) is 0 Å². The van der Waals surface area contributed by atoms with Crippen LogP contribution in [0.15, 0.2) is 65.7 Å². The fraction of sp³-hybridized carbons (Fsp3) is 0.478. The smallest absolute Gasteiger partial charge is 0.407 e. The third-order valence-electron chi connectivity index (χ3n) is 13.3. The van der Waals surface area contributed by atoms with Gasteiger partial charge in [0.05, 0.1) is 48.4 Å². The number of hydrogen-bond acceptors (Lipinski definition) is 9. The molecule has 3 aromatic carbocycles. The highest BCUT2D eigenvalue weighted by molar-refractivity contribution is 7.59. The largest absolute Gasteiger partial charge is 0.453 e. The lowest BCUT2D eigenvalue weighted by molar-refractivity contribution is -0.188. The number of nitrogens with zero attached hydrogens (tertiary/aromatic N) is 5. The van der Waals surface area contributed by atoms with E-state index >= 15 is 0 Å². The summed E-state index contributed by atoms with van der Waals surface area (Å²) in [7, 11) is 2.76. The first kappa shape index (κ1) is 50.6. The minimum atomic E-state index is -0.596. The molecule has 2 saturated carbocycles. The fourth-order valence-electron chi connectivity index (χ4n) is 10.2. The zero-order chi connectivity index (χ0) is 41.2. The Kier molecular flexibility index (Phi) is 18.0. The second kappa shape index (κ2) is 22.7. The van der Waals surface area contributed by atoms with Crippen LogP contribution in [0.25, 0.3) is 44.3 Å². The van der Waals surface area contributed by atoms with Crippen LogP contribution >= 0.6 is 54.0 Å². The lowest BCUT2D eigenvalue weighted by Crippen LogP contribution is -2.51. The average molecular weight is 951 g/mol. The van der Waals surface area contributed by atoms with E-state index in [1.807, 2.05) is 21.9 Å². The number of hydrogen-bond donors (Lipinski definition) is 3. The van der Waals surface area contributed by atoms with Crippen LogP contribution in [0.1, 0.15) is 101 Å². The summed E-state index contributed by atoms with van der Waals surface area (Å²) in [6, 6.07) is 19.6. The maximum atomic E-state index is 14.0. The summed E-state index contributed by atoms with van der Waals surface area (Å²) < 4.78 is 4.89. The number of aliphatic imine (C=N–C) groups is 1. The second-order valence-corrected chi connectivity index (χ2v) is 16.8. The Morgan fingerprint density at radius 2 is 1.12 bits per heavy atom. The van der Waals surface area contributed by atoms with Crippen molar-refractivity contribution in [2.75, 3.05) is 27.3 Å². The summed E-state index contributed by atoms with van der Waals surface area (Å²) >= 11 is 0. The van der Waals surface area contributed by atoms with E-state index in [1.54, 1.807) is 0 Å². The number of benzene rings is 3. The number of carbonyl (C=O) groups excluding carboxylic acids is 3. The standard InChI is InChI=1S/C46H54N8O6.4H2S/c1-58-46(57)52-41(31-11-5-6-12-31)45(56)54-24-8-14-39(54)43-49-35-22-20-33(26-37(35)51-43)29-17-15-28(16-18-29)32-19-21-34-36(25-32)50-42(48-34)38-13-7-23-53(38)44(55)40(47-27-60-59-2)30-9-3-4-10-30;;;;/h15-22,25-27,30-31,38-41H,3-14,23-24H2,1-2H3,(H,48,50)(H,49,51)(H,52,57);4*1H2/t38-,39-,40-,41-;;;;/m0..../s1. The molecule has 0 radical (unpaired) electrons. The first-order valence-corrected chi connectivity index (χ1v) is 21.6. The summed E-state index contributed by atoms with van der Waals surface area (Å²) in [5.41, 5.74) is 7.85. The molecule has 4 heterocycles. The Balaban J connectivity index is 0.00000193. The number of likely N-dealkylation sites (tertiary alicyclic amines) is 2. The molecule has 3 N–H and O–H groups in total. The highest BCUT2D eigenvalue weighted by Gasteiger charge is 2.41. The predicted molar refractivity (Wildman–Crippen MR) is 269 cm³/mol. The Hall–Kier alpha value is -4.36. The van der Waals surface area contributed by atoms with Crippen LogP contribution in [-0.2, 0) is 24.1 Å². The molecule has 0 bridgehead atoms. The van der Waals surface area contributed by atoms with E-state index in [4.69, 9.17) is 24.5 Å². The molecule has 2 aliphatic carbocycles. The van der Waals surface area contributed by atoms with Crippen molar-refractivity contribution in [3.63, 3.8) is 0 Å². The van der Waals surface area contributed by atoms with E-state index in [-0.39, 0.29) is 89.7 Å². The number of imidazole rings is 2. The minimum Gasteiger partial charge on any atom is -0.453 e. The predicted octanol–water partition coefficient (Wildman–Crippen LogP) is 8.63. The third kappa shape index (κ3) is 10.5. The molecule has 18 heteroatoms. The van der Waals surface area contributed by atoms with Gasteiger partial charge >= 0.3 is 6.09 Å². The van der Waals surface area contributed by atoms with Crippen molar-refractivity contribution < 1.29 is 28.9 Å². The van der Waals surface area contributed by atoms with E-state index in [2.05, 4.69) is 68.8 Å². The van der Waals surface area contributed by atoms with Gasteiger partial charge in [-0.2, -0.15) is 58.9 Å². The topological polar surface area (TPSA) is 167 Å². The maximum absolute atomic E-state index is 14.0. The van der Waals surface area contributed by atoms with Crippen molar-refractivity contribution >= 4 is 100 Å². The summed E-state index contributed by atoms with van der Waals surface area (Å²) in [6.07, 6.45) is 12.3. The van der Waals surface area contributed by atoms with E-state index in [0.29, 0.717) is 13.1 Å². The van der Waals surface area contributed by atoms with Crippen molar-refractivity contribution in [3.8, 4) is 22.3 Å². The van der Waals surface area contributed by atoms with Crippen LogP contribution in [0.2, 0.25) is 0 Å². The van der Waals surface area contributed by atoms with Crippen molar-refractivity contribution in [1.82, 2.24) is 35.1 Å². The van der Waals surface area contributed by atoms with Crippen molar-refractivity contribution in [1.29, 1.82) is 0 Å². The van der Waals surface area contributed by atoms with Gasteiger partial charge in [0.15, 0.2) is 0 Å². The molecule has 5 aromatic rings. The molecule has 0 spiro atoms. The van der Waals surface area contributed by atoms with E-state index < -0.39 is 18.2 Å². The highest BCUT2D eigenvalue weighted by atomic mass is 32.1. The molecule has 9 rings (SSSR count). The van der Waals surface area contributed by atoms with E-state index in [1.165, 1.54) is 20.6 Å². The Morgan fingerprint density at radius 3 is 1.61 bits per heavy atom. The van der Waals surface area contributed by atoms with Crippen LogP contribution in [-0.4, -0.2) is 93.4 Å². The molecule has 2 saturated heterocycles. The average Bonchev–Trinajstić information content (AvgIpc) is 4.13. The molecule has 4 atom stereocenters. The zero-order valence-electron chi connectivity index (χ0n) is 36.4. The quantitative estimate of drug-likeness (QED) is 0.0484. The van der Waals surface area contributed by atoms with Crippen molar-refractivity contribution in [3.05, 3.63) is 72.3 Å². The number of methoxy groups -OCH3 is 1. The molecular formula is C46H62N8O6S4. The van der Waals surface area contributed by atoms with Crippen LogP contribution in [0, 0.1) is 11.8 Å². The number of fused-ring (bicyclic) bond motifs is 2. The maximum Gasteiger partial charge on any atom is 0.407 e. The van der Waals surface area contributed by atoms with Crippen molar-refractivity contribution in [2.45, 2.75) is 101 Å². The van der Waals surface area contributed by atoms with Crippen LogP contribution in [0.3, 0.4) is 0 Å². The number of H-pyrrole nitrogens is 2. The number of rotatable bonds is 12. The molecule has 0 unspecified atom stereocenters. The normalized spacial score (nSPS) is 19.8. The number of aromatic nitrogens is 4. The number of alkyl carbamates (subject to hydrolysis) is 1. The molecule has 2 aromatic heterocycles. The summed E-state index contributed by atoms with van der Waals surface area (Å²) in [5.74, 6) is 1.86. The van der Waals surface area contributed by atoms with Gasteiger partial charge in [-0.05, 0) is 110 Å². The molecule has 4 fully saturated rings. The minimum absolute atomic E-state index is 0. The molecule has 2 aliphatic heterocycles. The van der Waals surface area contributed by atoms with Crippen LogP contribution in [0.5, 0.6) is 0 Å². The first-order chi connectivity index (χ1) is 29.4. The molecule has 4 aliphatic rings. The van der Waals surface area contributed by atoms with Crippen LogP contribution < -0.4 is 5.32 Å². The SMILES string of the molecule is COOC=N[C@H](C(=O)N1CCC[C@H]1c1nc2ccc(-c3ccc(-c4ccc5nc([C@@H]6CCCN6C(=O)[C@@H](NC(=O)OC)C6CCCC6)[nH]c5c4)cc3)cc2[nH]1)C1CCCC1.S.S.S.S. The molecule has 64 heavy (non-hydrogen) atoms. The Morgan fingerprint density at radius 1 is 0.656 bits per heavy atom. The highest BCUT2D eigenvalue weighted by Crippen LogP contribution is 2.38. The van der Waals surface area contributed by atoms with Gasteiger partial charge in [-0.3, -0.25) is 9.59 Å². The van der Waals surface area contributed by atoms with Gasteiger partial charge < -0.3 is 34.7 Å². The summed E-state index contributed by atoms with van der Waals surface area (Å²) in [5, 5.41) is 2.86. The van der Waals surface area contributed by atoms with Crippen molar-refractivity contribution in [2.24, 2.45) is 16.8 Å². The number of carbonyl (C=O) groups is 3. The summed E-state index contributed by atoms with van der Waals surface area (Å²) in [6.45, 7) is 1.30. The number of amides is 3. The zero-order valence-corrected chi connectivity index (χ0v) is 40.4. The van der Waals surface area contributed by atoms with E-state index in [9.17, 15) is 14.4 Å². The van der Waals surface area contributed by atoms with Gasteiger partial charge in [0, 0.05) is 13.1 Å². The Bertz CT molecular complexity index is 2380. The molecular weight excluding hydrogens is 889 g/mol. The lowest BCUT2D eigenvalue weighted by Gasteiger charge is -2.31. The lowest BCUT2D eigenvalue weighted by atomic mass is 9.96. The molecule has 346 valence electrons. The fourth-order valence-corrected chi connectivity index (χ4v) is 10.2. The van der Waals surface area contributed by atoms with Gasteiger partial charge in [0.2, 0.25) is 18.2 Å². The van der Waals surface area contributed by atoms with Crippen LogP contribution in [0.4, 0.5) is 4.79 Å². The molecule has 3 amide bonds. The Labute approximate surface area is 402 Å². The second-order valence-electron chi connectivity index (χ2n) is 16.8. The third-order valence-corrected chi connectivity index (χ3v) is 13.3. The van der Waals surface area contributed by atoms with Gasteiger partial charge in [0.1, 0.15) is 23.7 Å². The summed E-state index contributed by atoms with van der Waals surface area (Å²) in [4.78, 5) is 75.2. The van der Waals surface area contributed by atoms with Gasteiger partial charge in [-0.25, -0.2) is 19.8 Å². The van der Waals surface area contributed by atoms with Gasteiger partial charge in [-0.1, -0.05) is 62.1 Å².